The van der Waals surface area contributed by atoms with E-state index in [1.165, 1.54) is 18.5 Å². The fraction of sp³-hybridized carbons (Fsp3) is 0.211. The molecule has 6 N–H and O–H groups in total. The summed E-state index contributed by atoms with van der Waals surface area (Å²) in [6.07, 6.45) is 2.33. The van der Waals surface area contributed by atoms with Crippen LogP contribution in [0.4, 0.5) is 16.3 Å². The molecule has 0 aliphatic carbocycles. The number of alkyl carbamates (subject to hydrolysis) is 1. The van der Waals surface area contributed by atoms with Crippen LogP contribution in [0.15, 0.2) is 30.7 Å². The molecule has 1 aromatic carbocycles. The van der Waals surface area contributed by atoms with E-state index in [4.69, 9.17) is 14.6 Å². The lowest BCUT2D eigenvalue weighted by Crippen LogP contribution is -2.31. The third kappa shape index (κ3) is 7.08. The van der Waals surface area contributed by atoms with Gasteiger partial charge in [0.15, 0.2) is 5.82 Å². The highest BCUT2D eigenvalue weighted by atomic mass is 31.2. The van der Waals surface area contributed by atoms with Gasteiger partial charge in [-0.3, -0.25) is 14.9 Å². The monoisotopic (exact) mass is 494 g/mol. The van der Waals surface area contributed by atoms with Gasteiger partial charge in [-0.1, -0.05) is 6.07 Å². The molecule has 14 nitrogen and oxygen atoms in total. The van der Waals surface area contributed by atoms with E-state index in [-0.39, 0.29) is 12.0 Å². The van der Waals surface area contributed by atoms with E-state index in [2.05, 4.69) is 30.4 Å². The molecule has 3 rings (SSSR count). The average molecular weight is 494 g/mol. The second kappa shape index (κ2) is 11.3. The molecule has 0 fully saturated rings. The molecular weight excluding hydrogens is 471 g/mol. The van der Waals surface area contributed by atoms with E-state index in [9.17, 15) is 14.2 Å². The largest absolute Gasteiger partial charge is 0.472 e. The van der Waals surface area contributed by atoms with E-state index in [1.54, 1.807) is 10.6 Å². The molecule has 2 aromatic heterocycles. The normalized spacial score (nSPS) is 10.7. The summed E-state index contributed by atoms with van der Waals surface area (Å²) in [4.78, 5) is 53.9. The summed E-state index contributed by atoms with van der Waals surface area (Å²) in [7, 11) is -4.79. The molecule has 15 heteroatoms. The van der Waals surface area contributed by atoms with Crippen molar-refractivity contribution in [3.63, 3.8) is 0 Å². The first-order valence-electron chi connectivity index (χ1n) is 9.47. The van der Waals surface area contributed by atoms with Crippen LogP contribution >= 0.6 is 7.82 Å². The maximum atomic E-state index is 12.3. The Morgan fingerprint density at radius 2 is 1.91 bits per heavy atom. The van der Waals surface area contributed by atoms with Gasteiger partial charge in [-0.15, -0.1) is 0 Å². The van der Waals surface area contributed by atoms with Gasteiger partial charge in [0.25, 0.3) is 5.91 Å². The van der Waals surface area contributed by atoms with Crippen molar-refractivity contribution in [1.29, 1.82) is 0 Å². The molecule has 0 saturated carbocycles. The number of amides is 3. The molecule has 34 heavy (non-hydrogen) atoms. The van der Waals surface area contributed by atoms with Gasteiger partial charge in [-0.2, -0.15) is 5.10 Å². The van der Waals surface area contributed by atoms with Crippen molar-refractivity contribution in [3.8, 4) is 0 Å². The number of fused-ring (bicyclic) bond motifs is 1. The molecule has 0 saturated heterocycles. The van der Waals surface area contributed by atoms with Crippen LogP contribution in [-0.2, 0) is 18.6 Å². The number of aromatic nitrogens is 3. The van der Waals surface area contributed by atoms with Crippen molar-refractivity contribution in [1.82, 2.24) is 19.9 Å². The van der Waals surface area contributed by atoms with Gasteiger partial charge in [0, 0.05) is 17.4 Å². The van der Waals surface area contributed by atoms with Crippen molar-refractivity contribution in [2.75, 3.05) is 12.1 Å². The van der Waals surface area contributed by atoms with Crippen LogP contribution < -0.4 is 16.4 Å². The minimum atomic E-state index is -4.79. The number of nitrogens with two attached hydrogens (primary N) is 1. The highest BCUT2D eigenvalue weighted by Gasteiger charge is 2.17. The topological polar surface area (TPSA) is 207 Å². The Morgan fingerprint density at radius 1 is 1.24 bits per heavy atom. The van der Waals surface area contributed by atoms with Gasteiger partial charge < -0.3 is 25.6 Å². The number of benzene rings is 1. The minimum Gasteiger partial charge on any atom is -0.421 e. The number of hydrogen-bond acceptors (Lipinski definition) is 9. The van der Waals surface area contributed by atoms with E-state index in [0.717, 1.165) is 22.2 Å². The van der Waals surface area contributed by atoms with Crippen LogP contribution in [-0.4, -0.2) is 49.6 Å². The molecule has 0 bridgehead atoms. The maximum Gasteiger partial charge on any atom is 0.472 e. The summed E-state index contributed by atoms with van der Waals surface area (Å²) in [6.45, 7) is 4.75. The number of nitrogens with zero attached hydrogens (tertiary/aromatic N) is 3. The van der Waals surface area contributed by atoms with Crippen molar-refractivity contribution >= 4 is 43.3 Å². The lowest BCUT2D eigenvalue weighted by molar-refractivity contribution is -0.106. The third-order valence-corrected chi connectivity index (χ3v) is 4.90. The first-order valence-corrected chi connectivity index (χ1v) is 11.0. The van der Waals surface area contributed by atoms with Gasteiger partial charge in [0.1, 0.15) is 11.8 Å². The number of phosphoric acid groups is 1. The molecule has 0 spiro atoms. The highest BCUT2D eigenvalue weighted by Crippen LogP contribution is 2.35. The summed E-state index contributed by atoms with van der Waals surface area (Å²) in [5.41, 5.74) is 8.58. The zero-order chi connectivity index (χ0) is 25.5. The minimum absolute atomic E-state index is 0.148. The van der Waals surface area contributed by atoms with Gasteiger partial charge in [0.05, 0.1) is 0 Å². The number of carbonyl (C=O) groups excluding carboxylic acids is 3. The number of anilines is 2. The number of carbonyl (C=O) groups is 3. The smallest absolute Gasteiger partial charge is 0.421 e. The molecule has 2 heterocycles. The summed E-state index contributed by atoms with van der Waals surface area (Å²) < 4.78 is 20.7. The fourth-order valence-corrected chi connectivity index (χ4v) is 2.94. The molecule has 0 radical (unpaired) electrons. The van der Waals surface area contributed by atoms with E-state index < -0.39 is 26.6 Å². The Morgan fingerprint density at radius 3 is 2.56 bits per heavy atom. The quantitative estimate of drug-likeness (QED) is 0.188. The molecule has 0 aliphatic rings. The van der Waals surface area contributed by atoms with Crippen molar-refractivity contribution in [2.45, 2.75) is 20.8 Å². The van der Waals surface area contributed by atoms with Gasteiger partial charge in [-0.05, 0) is 49.6 Å². The lowest BCUT2D eigenvalue weighted by atomic mass is 10.1. The predicted octanol–water partition coefficient (Wildman–Crippen LogP) is 1.43. The number of imide groups is 1. The third-order valence-electron chi connectivity index (χ3n) is 4.46. The van der Waals surface area contributed by atoms with Crippen LogP contribution in [0.25, 0.3) is 5.52 Å². The van der Waals surface area contributed by atoms with Crippen LogP contribution in [0.2, 0.25) is 0 Å². The predicted molar refractivity (Wildman–Crippen MR) is 119 cm³/mol. The van der Waals surface area contributed by atoms with Gasteiger partial charge >= 0.3 is 13.9 Å². The van der Waals surface area contributed by atoms with Crippen LogP contribution in [0.3, 0.4) is 0 Å². The molecule has 0 atom stereocenters. The summed E-state index contributed by atoms with van der Waals surface area (Å²) in [6, 6.07) is 4.74. The number of ether oxygens (including phenoxy) is 1. The Labute approximate surface area is 193 Å². The number of rotatable bonds is 6. The highest BCUT2D eigenvalue weighted by molar-refractivity contribution is 7.46. The summed E-state index contributed by atoms with van der Waals surface area (Å²) in [5.74, 6) is -0.220. The number of phosphoric ester groups is 1. The summed E-state index contributed by atoms with van der Waals surface area (Å²) >= 11 is 0. The Hall–Kier alpha value is -3.84. The second-order valence-corrected chi connectivity index (χ2v) is 7.99. The van der Waals surface area contributed by atoms with Crippen molar-refractivity contribution in [2.24, 2.45) is 5.73 Å². The Balaban J connectivity index is 0.00000129. The molecule has 3 amide bonds. The number of nitrogens with one attached hydrogen (secondary N) is 2. The van der Waals surface area contributed by atoms with Gasteiger partial charge in [0.2, 0.25) is 13.2 Å². The van der Waals surface area contributed by atoms with Crippen LogP contribution in [0.5, 0.6) is 0 Å². The van der Waals surface area contributed by atoms with Crippen LogP contribution in [0, 0.1) is 20.8 Å². The van der Waals surface area contributed by atoms with E-state index in [1.807, 2.05) is 32.3 Å². The average Bonchev–Trinajstić information content (AvgIpc) is 3.03. The molecule has 0 unspecified atom stereocenters. The van der Waals surface area contributed by atoms with E-state index >= 15 is 0 Å². The van der Waals surface area contributed by atoms with Crippen molar-refractivity contribution in [3.05, 3.63) is 53.0 Å². The summed E-state index contributed by atoms with van der Waals surface area (Å²) in [5, 5.41) is 9.34. The maximum absolute atomic E-state index is 12.3. The molecular formula is C19H23N6O8P. The Bertz CT molecular complexity index is 1260. The standard InChI is InChI=1S/C18H20N5O7P.CH3NO/c1-10-4-5-13(17(24)22-18(25)29-9-30-31(26,27)28)6-14(10)21-16-15-12(3)11(2)7-23(15)20-8-19-16;2-1-3/h4-8H,9H2,1-3H3,(H,19,20,21)(H,22,24,25)(H2,26,27,28);1H,(H2,2,3). The fourth-order valence-electron chi connectivity index (χ4n) is 2.75. The lowest BCUT2D eigenvalue weighted by Gasteiger charge is -2.12. The van der Waals surface area contributed by atoms with E-state index in [0.29, 0.717) is 11.5 Å². The SMILES string of the molecule is Cc1ccc(C(=O)NC(=O)OCOP(=O)(O)O)cc1Nc1ncnn2cc(C)c(C)c12.NC=O. The van der Waals surface area contributed by atoms with Crippen LogP contribution in [0.1, 0.15) is 27.0 Å². The van der Waals surface area contributed by atoms with Gasteiger partial charge in [-0.25, -0.2) is 23.4 Å². The number of hydrogen-bond donors (Lipinski definition) is 5. The number of primary amides is 1. The second-order valence-electron chi connectivity index (χ2n) is 6.75. The zero-order valence-electron chi connectivity index (χ0n) is 18.4. The number of aryl methyl sites for hydroxylation is 3. The van der Waals surface area contributed by atoms with Crippen molar-refractivity contribution < 1.29 is 38.0 Å². The first-order chi connectivity index (χ1) is 16.0. The molecule has 182 valence electrons. The Kier molecular flexibility index (Phi) is 8.81. The molecule has 0 aliphatic heterocycles. The first kappa shape index (κ1) is 26.4. The zero-order valence-corrected chi connectivity index (χ0v) is 19.3. The molecule has 3 aromatic rings.